The summed E-state index contributed by atoms with van der Waals surface area (Å²) >= 11 is 0. The number of hydrogen-bond acceptors (Lipinski definition) is 2. The first kappa shape index (κ1) is 15.3. The Bertz CT molecular complexity index is 226. The van der Waals surface area contributed by atoms with E-state index in [-0.39, 0.29) is 6.03 Å². The maximum atomic E-state index is 11.6. The maximum absolute atomic E-state index is 11.6. The second kappa shape index (κ2) is 9.20. The number of rotatable bonds is 7. The van der Waals surface area contributed by atoms with Crippen LogP contribution in [0.25, 0.3) is 0 Å². The van der Waals surface area contributed by atoms with Crippen LogP contribution in [0.2, 0.25) is 0 Å². The number of carbonyl (C=O) groups is 1. The molecule has 2 N–H and O–H groups in total. The molecule has 0 heterocycles. The van der Waals surface area contributed by atoms with E-state index in [1.807, 2.05) is 0 Å². The van der Waals surface area contributed by atoms with E-state index >= 15 is 0 Å². The summed E-state index contributed by atoms with van der Waals surface area (Å²) in [6.07, 6.45) is 6.94. The normalized spacial score (nSPS) is 16.8. The number of ether oxygens (including phenoxy) is 1. The fourth-order valence-corrected chi connectivity index (χ4v) is 2.18. The molecule has 2 amide bonds. The lowest BCUT2D eigenvalue weighted by molar-refractivity contribution is 0.108. The van der Waals surface area contributed by atoms with Crippen molar-refractivity contribution in [2.24, 2.45) is 5.92 Å². The van der Waals surface area contributed by atoms with E-state index in [1.165, 1.54) is 19.3 Å². The van der Waals surface area contributed by atoms with Crippen molar-refractivity contribution in [3.8, 4) is 0 Å². The highest BCUT2D eigenvalue weighted by Gasteiger charge is 2.14. The van der Waals surface area contributed by atoms with Crippen LogP contribution in [-0.4, -0.2) is 31.8 Å². The largest absolute Gasteiger partial charge is 0.381 e. The third-order valence-electron chi connectivity index (χ3n) is 3.14. The molecule has 1 aliphatic carbocycles. The number of hydrogen-bond donors (Lipinski definition) is 2. The monoisotopic (exact) mass is 256 g/mol. The molecule has 4 heteroatoms. The molecule has 106 valence electrons. The summed E-state index contributed by atoms with van der Waals surface area (Å²) in [6, 6.07) is 0.363. The molecule has 1 saturated carbocycles. The molecule has 1 rings (SSSR count). The lowest BCUT2D eigenvalue weighted by Gasteiger charge is -2.22. The van der Waals surface area contributed by atoms with Gasteiger partial charge in [-0.2, -0.15) is 0 Å². The molecule has 0 aromatic heterocycles. The van der Waals surface area contributed by atoms with Crippen molar-refractivity contribution in [2.75, 3.05) is 19.8 Å². The highest BCUT2D eigenvalue weighted by atomic mass is 16.5. The predicted octanol–water partition coefficient (Wildman–Crippen LogP) is 2.68. The number of nitrogens with one attached hydrogen (secondary N) is 2. The van der Waals surface area contributed by atoms with Crippen LogP contribution < -0.4 is 10.6 Å². The van der Waals surface area contributed by atoms with Gasteiger partial charge in [0.05, 0.1) is 0 Å². The van der Waals surface area contributed by atoms with Crippen molar-refractivity contribution in [3.05, 3.63) is 0 Å². The van der Waals surface area contributed by atoms with Gasteiger partial charge in [-0.1, -0.05) is 33.1 Å². The van der Waals surface area contributed by atoms with Crippen LogP contribution in [0.15, 0.2) is 0 Å². The van der Waals surface area contributed by atoms with E-state index in [1.54, 1.807) is 0 Å². The zero-order valence-corrected chi connectivity index (χ0v) is 11.8. The topological polar surface area (TPSA) is 50.4 Å². The van der Waals surface area contributed by atoms with E-state index in [0.717, 1.165) is 32.5 Å². The predicted molar refractivity (Wildman–Crippen MR) is 73.7 cm³/mol. The molecule has 1 aliphatic rings. The molecule has 0 unspecified atom stereocenters. The molecule has 0 radical (unpaired) electrons. The highest BCUT2D eigenvalue weighted by Crippen LogP contribution is 2.16. The first-order valence-electron chi connectivity index (χ1n) is 7.30. The van der Waals surface area contributed by atoms with Gasteiger partial charge in [0.15, 0.2) is 0 Å². The molecule has 0 aromatic carbocycles. The Labute approximate surface area is 111 Å². The molecule has 4 nitrogen and oxygen atoms in total. The van der Waals surface area contributed by atoms with Crippen LogP contribution in [0, 0.1) is 5.92 Å². The molecule has 0 aromatic rings. The van der Waals surface area contributed by atoms with Crippen molar-refractivity contribution in [2.45, 2.75) is 58.4 Å². The Morgan fingerprint density at radius 1 is 1.28 bits per heavy atom. The molecule has 0 bridgehead atoms. The third-order valence-corrected chi connectivity index (χ3v) is 3.14. The molecule has 0 atom stereocenters. The minimum Gasteiger partial charge on any atom is -0.381 e. The van der Waals surface area contributed by atoms with Crippen molar-refractivity contribution in [1.29, 1.82) is 0 Å². The number of carbonyl (C=O) groups excluding carboxylic acids is 1. The van der Waals surface area contributed by atoms with Crippen LogP contribution in [0.4, 0.5) is 4.79 Å². The second-order valence-corrected chi connectivity index (χ2v) is 5.56. The van der Waals surface area contributed by atoms with Gasteiger partial charge in [0, 0.05) is 25.8 Å². The SMILES string of the molecule is CC(C)COCCCNC(=O)NC1CCCCC1. The van der Waals surface area contributed by atoms with Crippen molar-refractivity contribution in [3.63, 3.8) is 0 Å². The van der Waals surface area contributed by atoms with Crippen molar-refractivity contribution in [1.82, 2.24) is 10.6 Å². The zero-order chi connectivity index (χ0) is 13.2. The van der Waals surface area contributed by atoms with Crippen molar-refractivity contribution >= 4 is 6.03 Å². The van der Waals surface area contributed by atoms with E-state index in [9.17, 15) is 4.79 Å². The van der Waals surface area contributed by atoms with Crippen LogP contribution in [0.5, 0.6) is 0 Å². The average Bonchev–Trinajstić information content (AvgIpc) is 2.34. The maximum Gasteiger partial charge on any atom is 0.315 e. The Morgan fingerprint density at radius 2 is 2.00 bits per heavy atom. The number of amides is 2. The van der Waals surface area contributed by atoms with Crippen molar-refractivity contribution < 1.29 is 9.53 Å². The van der Waals surface area contributed by atoms with Crippen LogP contribution >= 0.6 is 0 Å². The summed E-state index contributed by atoms with van der Waals surface area (Å²) in [6.45, 7) is 6.48. The average molecular weight is 256 g/mol. The summed E-state index contributed by atoms with van der Waals surface area (Å²) in [7, 11) is 0. The van der Waals surface area contributed by atoms with E-state index < -0.39 is 0 Å². The van der Waals surface area contributed by atoms with Crippen LogP contribution in [0.1, 0.15) is 52.4 Å². The summed E-state index contributed by atoms with van der Waals surface area (Å²) < 4.78 is 5.46. The van der Waals surface area contributed by atoms with Gasteiger partial charge in [-0.15, -0.1) is 0 Å². The van der Waals surface area contributed by atoms with E-state index in [0.29, 0.717) is 18.5 Å². The minimum absolute atomic E-state index is 0.0224. The molecular weight excluding hydrogens is 228 g/mol. The minimum atomic E-state index is -0.0224. The Balaban J connectivity index is 1.93. The van der Waals surface area contributed by atoms with Gasteiger partial charge in [0.1, 0.15) is 0 Å². The van der Waals surface area contributed by atoms with Crippen LogP contribution in [-0.2, 0) is 4.74 Å². The van der Waals surface area contributed by atoms with Gasteiger partial charge in [0.2, 0.25) is 0 Å². The van der Waals surface area contributed by atoms with Gasteiger partial charge < -0.3 is 15.4 Å². The first-order valence-corrected chi connectivity index (χ1v) is 7.30. The van der Waals surface area contributed by atoms with Crippen LogP contribution in [0.3, 0.4) is 0 Å². The Hall–Kier alpha value is -0.770. The Morgan fingerprint density at radius 3 is 2.67 bits per heavy atom. The highest BCUT2D eigenvalue weighted by molar-refractivity contribution is 5.74. The summed E-state index contributed by atoms with van der Waals surface area (Å²) in [4.78, 5) is 11.6. The standard InChI is InChI=1S/C14H28N2O2/c1-12(2)11-18-10-6-9-15-14(17)16-13-7-4-3-5-8-13/h12-13H,3-11H2,1-2H3,(H2,15,16,17). The quantitative estimate of drug-likeness (QED) is 0.688. The number of urea groups is 1. The summed E-state index contributed by atoms with van der Waals surface area (Å²) in [5, 5.41) is 5.93. The fourth-order valence-electron chi connectivity index (χ4n) is 2.18. The van der Waals surface area contributed by atoms with E-state index in [4.69, 9.17) is 4.74 Å². The molecule has 0 aliphatic heterocycles. The summed E-state index contributed by atoms with van der Waals surface area (Å²) in [5.41, 5.74) is 0. The molecule has 0 spiro atoms. The lowest BCUT2D eigenvalue weighted by Crippen LogP contribution is -2.43. The Kier molecular flexibility index (Phi) is 7.81. The van der Waals surface area contributed by atoms with Gasteiger partial charge in [-0.05, 0) is 25.2 Å². The first-order chi connectivity index (χ1) is 8.68. The summed E-state index contributed by atoms with van der Waals surface area (Å²) in [5.74, 6) is 0.576. The molecule has 18 heavy (non-hydrogen) atoms. The van der Waals surface area contributed by atoms with E-state index in [2.05, 4.69) is 24.5 Å². The van der Waals surface area contributed by atoms with Gasteiger partial charge in [-0.25, -0.2) is 4.79 Å². The smallest absolute Gasteiger partial charge is 0.315 e. The van der Waals surface area contributed by atoms with Gasteiger partial charge in [0.25, 0.3) is 0 Å². The lowest BCUT2D eigenvalue weighted by atomic mass is 9.96. The van der Waals surface area contributed by atoms with Gasteiger partial charge in [-0.3, -0.25) is 0 Å². The second-order valence-electron chi connectivity index (χ2n) is 5.56. The molecule has 1 fully saturated rings. The molecular formula is C14H28N2O2. The third kappa shape index (κ3) is 7.54. The zero-order valence-electron chi connectivity index (χ0n) is 11.8. The molecule has 0 saturated heterocycles. The van der Waals surface area contributed by atoms with Gasteiger partial charge >= 0.3 is 6.03 Å². The fraction of sp³-hybridized carbons (Fsp3) is 0.929.